The second kappa shape index (κ2) is 5.30. The molecule has 3 fully saturated rings. The summed E-state index contributed by atoms with van der Waals surface area (Å²) in [5, 5.41) is 8.13. The molecule has 2 amide bonds. The van der Waals surface area contributed by atoms with Gasteiger partial charge in [-0.15, -0.1) is 5.10 Å². The van der Waals surface area contributed by atoms with Crippen molar-refractivity contribution in [2.75, 3.05) is 26.3 Å². The maximum Gasteiger partial charge on any atom is 0.277 e. The number of nitrogens with zero attached hydrogens (tertiary/aromatic N) is 5. The molecule has 8 heteroatoms. The van der Waals surface area contributed by atoms with Gasteiger partial charge in [0.2, 0.25) is 5.91 Å². The SMILES string of the molecule is CC1(Cn2cc(C(=O)N3CCC(=O)N4CCCC43)nn2)COC1. The maximum absolute atomic E-state index is 12.8. The first kappa shape index (κ1) is 14.6. The highest BCUT2D eigenvalue weighted by atomic mass is 16.5. The van der Waals surface area contributed by atoms with Crippen LogP contribution in [0.3, 0.4) is 0 Å². The highest BCUT2D eigenvalue weighted by Crippen LogP contribution is 2.29. The van der Waals surface area contributed by atoms with E-state index in [2.05, 4.69) is 17.2 Å². The number of fused-ring (bicyclic) bond motifs is 1. The number of hydrogen-bond donors (Lipinski definition) is 0. The summed E-state index contributed by atoms with van der Waals surface area (Å²) in [5.74, 6) is 0.0220. The van der Waals surface area contributed by atoms with Crippen molar-refractivity contribution < 1.29 is 14.3 Å². The molecule has 0 aliphatic carbocycles. The molecule has 0 saturated carbocycles. The topological polar surface area (TPSA) is 80.6 Å². The van der Waals surface area contributed by atoms with E-state index >= 15 is 0 Å². The Kier molecular flexibility index (Phi) is 3.37. The lowest BCUT2D eigenvalue weighted by Crippen LogP contribution is -2.55. The van der Waals surface area contributed by atoms with E-state index in [9.17, 15) is 9.59 Å². The first-order chi connectivity index (χ1) is 11.1. The van der Waals surface area contributed by atoms with E-state index in [0.29, 0.717) is 38.4 Å². The molecule has 0 spiro atoms. The second-order valence-corrected chi connectivity index (χ2v) is 7.06. The highest BCUT2D eigenvalue weighted by molar-refractivity contribution is 5.93. The van der Waals surface area contributed by atoms with E-state index in [4.69, 9.17) is 4.74 Å². The number of carbonyl (C=O) groups excluding carboxylic acids is 2. The summed E-state index contributed by atoms with van der Waals surface area (Å²) in [5.41, 5.74) is 0.434. The van der Waals surface area contributed by atoms with E-state index in [1.54, 1.807) is 15.8 Å². The van der Waals surface area contributed by atoms with Crippen LogP contribution < -0.4 is 0 Å². The molecule has 0 N–H and O–H groups in total. The van der Waals surface area contributed by atoms with Crippen molar-refractivity contribution in [2.45, 2.75) is 38.9 Å². The van der Waals surface area contributed by atoms with Gasteiger partial charge in [0.1, 0.15) is 6.17 Å². The van der Waals surface area contributed by atoms with Gasteiger partial charge in [-0.1, -0.05) is 12.1 Å². The Morgan fingerprint density at radius 3 is 3.00 bits per heavy atom. The Morgan fingerprint density at radius 2 is 2.26 bits per heavy atom. The quantitative estimate of drug-likeness (QED) is 0.790. The van der Waals surface area contributed by atoms with Crippen molar-refractivity contribution in [3.8, 4) is 0 Å². The lowest BCUT2D eigenvalue weighted by molar-refractivity contribution is -0.139. The molecule has 3 aliphatic rings. The van der Waals surface area contributed by atoms with E-state index in [1.807, 2.05) is 4.90 Å². The molecule has 4 rings (SSSR count). The summed E-state index contributed by atoms with van der Waals surface area (Å²) in [6, 6.07) is 0. The minimum Gasteiger partial charge on any atom is -0.380 e. The fourth-order valence-corrected chi connectivity index (χ4v) is 3.66. The molecular formula is C15H21N5O3. The number of amides is 2. The summed E-state index contributed by atoms with van der Waals surface area (Å²) in [7, 11) is 0. The fourth-order valence-electron chi connectivity index (χ4n) is 3.66. The Balaban J connectivity index is 1.48. The molecule has 8 nitrogen and oxygen atoms in total. The van der Waals surface area contributed by atoms with Crippen LogP contribution in [0.15, 0.2) is 6.20 Å². The zero-order valence-electron chi connectivity index (χ0n) is 13.3. The molecule has 4 heterocycles. The number of carbonyl (C=O) groups is 2. The first-order valence-electron chi connectivity index (χ1n) is 8.14. The van der Waals surface area contributed by atoms with Gasteiger partial charge in [0.25, 0.3) is 5.91 Å². The zero-order chi connectivity index (χ0) is 16.0. The van der Waals surface area contributed by atoms with E-state index in [0.717, 1.165) is 19.4 Å². The van der Waals surface area contributed by atoms with Gasteiger partial charge in [-0.2, -0.15) is 0 Å². The third-order valence-corrected chi connectivity index (χ3v) is 4.93. The molecule has 1 atom stereocenters. The van der Waals surface area contributed by atoms with Gasteiger partial charge in [-0.3, -0.25) is 14.3 Å². The van der Waals surface area contributed by atoms with Crippen LogP contribution in [0.1, 0.15) is 36.7 Å². The largest absolute Gasteiger partial charge is 0.380 e. The molecule has 124 valence electrons. The van der Waals surface area contributed by atoms with Crippen LogP contribution in [0.25, 0.3) is 0 Å². The highest BCUT2D eigenvalue weighted by Gasteiger charge is 2.40. The van der Waals surface area contributed by atoms with Crippen LogP contribution in [-0.4, -0.2) is 69.1 Å². The van der Waals surface area contributed by atoms with E-state index in [1.165, 1.54) is 0 Å². The number of hydrogen-bond acceptors (Lipinski definition) is 5. The summed E-state index contributed by atoms with van der Waals surface area (Å²) < 4.78 is 6.96. The summed E-state index contributed by atoms with van der Waals surface area (Å²) in [6.45, 7) is 5.46. The third-order valence-electron chi connectivity index (χ3n) is 4.93. The van der Waals surface area contributed by atoms with Crippen LogP contribution in [0, 0.1) is 5.41 Å². The molecule has 0 radical (unpaired) electrons. The Bertz CT molecular complexity index is 639. The molecule has 3 aliphatic heterocycles. The first-order valence-corrected chi connectivity index (χ1v) is 8.14. The number of ether oxygens (including phenoxy) is 1. The van der Waals surface area contributed by atoms with Gasteiger partial charge in [0, 0.05) is 24.9 Å². The van der Waals surface area contributed by atoms with Gasteiger partial charge in [-0.05, 0) is 12.8 Å². The number of aromatic nitrogens is 3. The van der Waals surface area contributed by atoms with Gasteiger partial charge in [-0.25, -0.2) is 0 Å². The molecule has 1 aromatic heterocycles. The van der Waals surface area contributed by atoms with Crippen molar-refractivity contribution in [1.29, 1.82) is 0 Å². The lowest BCUT2D eigenvalue weighted by atomic mass is 9.89. The molecule has 1 unspecified atom stereocenters. The van der Waals surface area contributed by atoms with Crippen molar-refractivity contribution in [1.82, 2.24) is 24.8 Å². The molecule has 3 saturated heterocycles. The summed E-state index contributed by atoms with van der Waals surface area (Å²) >= 11 is 0. The van der Waals surface area contributed by atoms with E-state index in [-0.39, 0.29) is 23.4 Å². The van der Waals surface area contributed by atoms with Crippen LogP contribution in [-0.2, 0) is 16.1 Å². The number of rotatable bonds is 3. The van der Waals surface area contributed by atoms with Gasteiger partial charge in [0.15, 0.2) is 5.69 Å². The van der Waals surface area contributed by atoms with Gasteiger partial charge < -0.3 is 14.5 Å². The van der Waals surface area contributed by atoms with Crippen molar-refractivity contribution in [3.63, 3.8) is 0 Å². The molecule has 0 aromatic carbocycles. The minimum absolute atomic E-state index is 0.0772. The normalized spacial score (nSPS) is 26.1. The van der Waals surface area contributed by atoms with E-state index < -0.39 is 0 Å². The van der Waals surface area contributed by atoms with Gasteiger partial charge >= 0.3 is 0 Å². The average Bonchev–Trinajstić information content (AvgIpc) is 3.15. The Labute approximate surface area is 134 Å². The van der Waals surface area contributed by atoms with Crippen LogP contribution in [0.2, 0.25) is 0 Å². The predicted octanol–water partition coefficient (Wildman–Crippen LogP) is 0.109. The fraction of sp³-hybridized carbons (Fsp3) is 0.733. The lowest BCUT2D eigenvalue weighted by Gasteiger charge is -2.39. The standard InChI is InChI=1S/C15H21N5O3/c1-15(9-23-10-15)8-18-7-11(16-17-18)14(22)20-6-4-13(21)19-5-2-3-12(19)20/h7,12H,2-6,8-10H2,1H3. The monoisotopic (exact) mass is 319 g/mol. The predicted molar refractivity (Wildman–Crippen MR) is 79.3 cm³/mol. The molecular weight excluding hydrogens is 298 g/mol. The molecule has 23 heavy (non-hydrogen) atoms. The summed E-state index contributed by atoms with van der Waals surface area (Å²) in [4.78, 5) is 28.3. The maximum atomic E-state index is 12.8. The smallest absolute Gasteiger partial charge is 0.277 e. The van der Waals surface area contributed by atoms with Crippen LogP contribution >= 0.6 is 0 Å². The third kappa shape index (κ3) is 2.50. The van der Waals surface area contributed by atoms with Gasteiger partial charge in [0.05, 0.1) is 26.0 Å². The van der Waals surface area contributed by atoms with Crippen LogP contribution in [0.4, 0.5) is 0 Å². The Hall–Kier alpha value is -1.96. The minimum atomic E-state index is -0.129. The molecule has 0 bridgehead atoms. The zero-order valence-corrected chi connectivity index (χ0v) is 13.3. The molecule has 1 aromatic rings. The summed E-state index contributed by atoms with van der Waals surface area (Å²) in [6.07, 6.45) is 3.80. The average molecular weight is 319 g/mol. The van der Waals surface area contributed by atoms with Crippen molar-refractivity contribution >= 4 is 11.8 Å². The van der Waals surface area contributed by atoms with Crippen molar-refractivity contribution in [3.05, 3.63) is 11.9 Å². The Morgan fingerprint density at radius 1 is 1.43 bits per heavy atom. The van der Waals surface area contributed by atoms with Crippen LogP contribution in [0.5, 0.6) is 0 Å². The second-order valence-electron chi connectivity index (χ2n) is 7.06. The van der Waals surface area contributed by atoms with Crippen molar-refractivity contribution in [2.24, 2.45) is 5.41 Å².